The average Bonchev–Trinajstić information content (AvgIpc) is 2.36. The highest BCUT2D eigenvalue weighted by Crippen LogP contribution is 2.30. The lowest BCUT2D eigenvalue weighted by Gasteiger charge is -2.24. The molecular formula is C12H15N3O7. The predicted molar refractivity (Wildman–Crippen MR) is 75.1 cm³/mol. The van der Waals surface area contributed by atoms with Crippen molar-refractivity contribution in [3.63, 3.8) is 0 Å². The Morgan fingerprint density at radius 3 is 2.36 bits per heavy atom. The van der Waals surface area contributed by atoms with Crippen molar-refractivity contribution in [3.8, 4) is 5.75 Å². The molecule has 0 aromatic heterocycles. The first-order chi connectivity index (χ1) is 10.1. The summed E-state index contributed by atoms with van der Waals surface area (Å²) in [6, 6.07) is 3.21. The number of nitro benzene ring substituents is 2. The topological polar surface area (TPSA) is 145 Å². The summed E-state index contributed by atoms with van der Waals surface area (Å²) in [4.78, 5) is 30.4. The average molecular weight is 313 g/mol. The van der Waals surface area contributed by atoms with Crippen molar-refractivity contribution in [2.45, 2.75) is 25.8 Å². The van der Waals surface area contributed by atoms with E-state index >= 15 is 0 Å². The normalized spacial score (nSPS) is 10.8. The van der Waals surface area contributed by atoms with E-state index in [9.17, 15) is 25.0 Å². The van der Waals surface area contributed by atoms with Crippen LogP contribution >= 0.6 is 0 Å². The van der Waals surface area contributed by atoms with Crippen molar-refractivity contribution in [2.75, 3.05) is 6.61 Å². The predicted octanol–water partition coefficient (Wildman–Crippen LogP) is 2.32. The Morgan fingerprint density at radius 2 is 1.86 bits per heavy atom. The molecule has 0 saturated heterocycles. The van der Waals surface area contributed by atoms with E-state index in [2.05, 4.69) is 5.32 Å². The van der Waals surface area contributed by atoms with Crippen LogP contribution in [0.2, 0.25) is 0 Å². The first-order valence-corrected chi connectivity index (χ1v) is 6.19. The highest BCUT2D eigenvalue weighted by atomic mass is 16.6. The van der Waals surface area contributed by atoms with E-state index < -0.39 is 32.9 Å². The Kier molecular flexibility index (Phi) is 5.22. The van der Waals surface area contributed by atoms with Crippen molar-refractivity contribution in [2.24, 2.45) is 0 Å². The molecule has 0 saturated carbocycles. The molecule has 0 aliphatic heterocycles. The molecule has 0 unspecified atom stereocenters. The number of ether oxygens (including phenoxy) is 1. The number of nitrogens with zero attached hydrogens (tertiary/aromatic N) is 2. The fourth-order valence-corrected chi connectivity index (χ4v) is 1.67. The highest BCUT2D eigenvalue weighted by molar-refractivity contribution is 5.65. The third kappa shape index (κ3) is 4.89. The standard InChI is InChI=1S/C12H15N3O7/c1-12(2,13-11(16)17)5-6-22-8-3-4-9(14(18)19)10(7-8)15(20)21/h3-4,7,13H,5-6H2,1-2H3,(H,16,17). The van der Waals surface area contributed by atoms with Crippen LogP contribution in [0.15, 0.2) is 18.2 Å². The summed E-state index contributed by atoms with van der Waals surface area (Å²) in [6.07, 6.45) is -0.861. The monoisotopic (exact) mass is 313 g/mol. The van der Waals surface area contributed by atoms with Crippen LogP contribution in [0.1, 0.15) is 20.3 Å². The molecule has 0 bridgehead atoms. The summed E-state index contributed by atoms with van der Waals surface area (Å²) in [6.45, 7) is 3.40. The quantitative estimate of drug-likeness (QED) is 0.580. The van der Waals surface area contributed by atoms with Crippen LogP contribution in [-0.2, 0) is 0 Å². The first kappa shape index (κ1) is 17.1. The van der Waals surface area contributed by atoms with E-state index in [1.165, 1.54) is 6.07 Å². The molecule has 0 aliphatic rings. The second kappa shape index (κ2) is 6.70. The Hall–Kier alpha value is -2.91. The van der Waals surface area contributed by atoms with E-state index in [0.29, 0.717) is 6.42 Å². The van der Waals surface area contributed by atoms with Crippen LogP contribution in [-0.4, -0.2) is 33.2 Å². The van der Waals surface area contributed by atoms with Gasteiger partial charge in [0.05, 0.1) is 22.5 Å². The smallest absolute Gasteiger partial charge is 0.405 e. The van der Waals surface area contributed by atoms with Gasteiger partial charge in [0.15, 0.2) is 0 Å². The number of amides is 1. The molecule has 0 aliphatic carbocycles. The summed E-state index contributed by atoms with van der Waals surface area (Å²) < 4.78 is 5.29. The van der Waals surface area contributed by atoms with Gasteiger partial charge in [-0.05, 0) is 19.9 Å². The Bertz CT molecular complexity index is 600. The minimum absolute atomic E-state index is 0.0856. The Morgan fingerprint density at radius 1 is 1.27 bits per heavy atom. The second-order valence-corrected chi connectivity index (χ2v) is 5.08. The van der Waals surface area contributed by atoms with E-state index in [0.717, 1.165) is 12.1 Å². The zero-order valence-electron chi connectivity index (χ0n) is 11.9. The molecule has 1 amide bonds. The molecule has 120 valence electrons. The summed E-state index contributed by atoms with van der Waals surface area (Å²) in [5, 5.41) is 32.4. The zero-order chi connectivity index (χ0) is 16.9. The third-order valence-electron chi connectivity index (χ3n) is 2.78. The summed E-state index contributed by atoms with van der Waals surface area (Å²) in [7, 11) is 0. The molecule has 10 nitrogen and oxygen atoms in total. The lowest BCUT2D eigenvalue weighted by molar-refractivity contribution is -0.422. The molecule has 0 fully saturated rings. The minimum Gasteiger partial charge on any atom is -0.493 e. The molecular weight excluding hydrogens is 298 g/mol. The van der Waals surface area contributed by atoms with Crippen LogP contribution in [0.4, 0.5) is 16.2 Å². The molecule has 1 aromatic rings. The molecule has 1 rings (SSSR count). The van der Waals surface area contributed by atoms with Crippen molar-refractivity contribution in [1.29, 1.82) is 0 Å². The number of benzene rings is 1. The lowest BCUT2D eigenvalue weighted by Crippen LogP contribution is -2.43. The third-order valence-corrected chi connectivity index (χ3v) is 2.78. The molecule has 1 aromatic carbocycles. The van der Waals surface area contributed by atoms with Crippen LogP contribution < -0.4 is 10.1 Å². The SMILES string of the molecule is CC(C)(CCOc1ccc([N+](=O)[O-])c([N+](=O)[O-])c1)NC(=O)O. The number of hydrogen-bond acceptors (Lipinski definition) is 6. The van der Waals surface area contributed by atoms with Crippen molar-refractivity contribution < 1.29 is 24.5 Å². The van der Waals surface area contributed by atoms with Gasteiger partial charge < -0.3 is 15.2 Å². The molecule has 0 spiro atoms. The van der Waals surface area contributed by atoms with Gasteiger partial charge in [-0.1, -0.05) is 0 Å². The van der Waals surface area contributed by atoms with Gasteiger partial charge in [-0.2, -0.15) is 0 Å². The van der Waals surface area contributed by atoms with Crippen molar-refractivity contribution in [3.05, 3.63) is 38.4 Å². The number of carbonyl (C=O) groups is 1. The number of hydrogen-bond donors (Lipinski definition) is 2. The fourth-order valence-electron chi connectivity index (χ4n) is 1.67. The second-order valence-electron chi connectivity index (χ2n) is 5.08. The molecule has 10 heteroatoms. The number of rotatable bonds is 7. The van der Waals surface area contributed by atoms with Gasteiger partial charge >= 0.3 is 17.5 Å². The number of nitrogens with one attached hydrogen (secondary N) is 1. The maximum Gasteiger partial charge on any atom is 0.405 e. The van der Waals surface area contributed by atoms with E-state index in [4.69, 9.17) is 9.84 Å². The van der Waals surface area contributed by atoms with Gasteiger partial charge in [0.25, 0.3) is 0 Å². The molecule has 22 heavy (non-hydrogen) atoms. The Labute approximate surface area is 125 Å². The first-order valence-electron chi connectivity index (χ1n) is 6.19. The molecule has 0 heterocycles. The van der Waals surface area contributed by atoms with Gasteiger partial charge in [-0.15, -0.1) is 0 Å². The van der Waals surface area contributed by atoms with Crippen LogP contribution in [0.25, 0.3) is 0 Å². The lowest BCUT2D eigenvalue weighted by atomic mass is 10.0. The van der Waals surface area contributed by atoms with Gasteiger partial charge in [0.1, 0.15) is 5.75 Å². The van der Waals surface area contributed by atoms with Crippen molar-refractivity contribution >= 4 is 17.5 Å². The van der Waals surface area contributed by atoms with Gasteiger partial charge in [0, 0.05) is 18.0 Å². The van der Waals surface area contributed by atoms with Crippen LogP contribution in [0.5, 0.6) is 5.75 Å². The molecule has 0 atom stereocenters. The fraction of sp³-hybridized carbons (Fsp3) is 0.417. The maximum atomic E-state index is 10.8. The van der Waals surface area contributed by atoms with Crippen LogP contribution in [0, 0.1) is 20.2 Å². The highest BCUT2D eigenvalue weighted by Gasteiger charge is 2.25. The van der Waals surface area contributed by atoms with E-state index in [-0.39, 0.29) is 12.4 Å². The molecule has 2 N–H and O–H groups in total. The summed E-state index contributed by atoms with van der Waals surface area (Å²) in [5.74, 6) is 0.100. The number of nitro groups is 2. The van der Waals surface area contributed by atoms with E-state index in [1.54, 1.807) is 13.8 Å². The van der Waals surface area contributed by atoms with E-state index in [1.807, 2.05) is 0 Å². The number of carboxylic acid groups (broad SMARTS) is 1. The zero-order valence-corrected chi connectivity index (χ0v) is 11.9. The van der Waals surface area contributed by atoms with Crippen molar-refractivity contribution in [1.82, 2.24) is 5.32 Å². The largest absolute Gasteiger partial charge is 0.493 e. The maximum absolute atomic E-state index is 10.8. The van der Waals surface area contributed by atoms with Gasteiger partial charge in [-0.3, -0.25) is 20.2 Å². The van der Waals surface area contributed by atoms with Gasteiger partial charge in [0.2, 0.25) is 0 Å². The minimum atomic E-state index is -1.17. The summed E-state index contributed by atoms with van der Waals surface area (Å²) >= 11 is 0. The molecule has 0 radical (unpaired) electrons. The van der Waals surface area contributed by atoms with Crippen LogP contribution in [0.3, 0.4) is 0 Å². The van der Waals surface area contributed by atoms with Gasteiger partial charge in [-0.25, -0.2) is 4.79 Å². The Balaban J connectivity index is 2.75. The summed E-state index contributed by atoms with van der Waals surface area (Å²) in [5.41, 5.74) is -2.02.